The molecule has 0 amide bonds. The minimum absolute atomic E-state index is 0.0615. The topological polar surface area (TPSA) is 52.2 Å². The molecule has 18 heavy (non-hydrogen) atoms. The van der Waals surface area contributed by atoms with Crippen molar-refractivity contribution in [2.45, 2.75) is 32.7 Å². The highest BCUT2D eigenvalue weighted by molar-refractivity contribution is 5.39. The van der Waals surface area contributed by atoms with Crippen molar-refractivity contribution in [3.63, 3.8) is 0 Å². The first kappa shape index (κ1) is 13.1. The molecule has 1 saturated heterocycles. The molecule has 0 saturated carbocycles. The van der Waals surface area contributed by atoms with Crippen LogP contribution in [-0.2, 0) is 6.42 Å². The van der Waals surface area contributed by atoms with E-state index in [1.54, 1.807) is 6.07 Å². The largest absolute Gasteiger partial charge is 0.353 e. The van der Waals surface area contributed by atoms with E-state index in [1.165, 1.54) is 0 Å². The number of nitrogens with zero attached hydrogens (tertiary/aromatic N) is 3. The molecule has 0 bridgehead atoms. The van der Waals surface area contributed by atoms with Gasteiger partial charge in [-0.3, -0.25) is 9.69 Å². The molecule has 2 rings (SSSR count). The van der Waals surface area contributed by atoms with E-state index in [1.807, 2.05) is 6.92 Å². The van der Waals surface area contributed by atoms with E-state index < -0.39 is 0 Å². The number of likely N-dealkylation sites (N-methyl/N-ethyl adjacent to an activating group) is 1. The van der Waals surface area contributed by atoms with Gasteiger partial charge in [-0.15, -0.1) is 0 Å². The lowest BCUT2D eigenvalue weighted by molar-refractivity contribution is 0.138. The van der Waals surface area contributed by atoms with E-state index in [0.29, 0.717) is 0 Å². The van der Waals surface area contributed by atoms with E-state index >= 15 is 0 Å². The van der Waals surface area contributed by atoms with E-state index in [4.69, 9.17) is 0 Å². The van der Waals surface area contributed by atoms with Crippen molar-refractivity contribution in [1.29, 1.82) is 0 Å². The quantitative estimate of drug-likeness (QED) is 0.846. The summed E-state index contributed by atoms with van der Waals surface area (Å²) in [6.07, 6.45) is 0.750. The molecule has 0 spiro atoms. The van der Waals surface area contributed by atoms with Crippen LogP contribution in [0.2, 0.25) is 0 Å². The number of anilines is 1. The van der Waals surface area contributed by atoms with Gasteiger partial charge in [-0.1, -0.05) is 6.92 Å². The van der Waals surface area contributed by atoms with Gasteiger partial charge in [-0.25, -0.2) is 4.98 Å². The highest BCUT2D eigenvalue weighted by atomic mass is 16.1. The van der Waals surface area contributed by atoms with Crippen molar-refractivity contribution in [1.82, 2.24) is 14.9 Å². The fraction of sp³-hybridized carbons (Fsp3) is 0.692. The summed E-state index contributed by atoms with van der Waals surface area (Å²) in [6.45, 7) is 9.22. The Kier molecular flexibility index (Phi) is 3.43. The second kappa shape index (κ2) is 4.72. The Hall–Kier alpha value is -1.36. The lowest BCUT2D eigenvalue weighted by atomic mass is 10.00. The zero-order valence-corrected chi connectivity index (χ0v) is 11.7. The van der Waals surface area contributed by atoms with Gasteiger partial charge in [-0.2, -0.15) is 0 Å². The van der Waals surface area contributed by atoms with Crippen LogP contribution in [0.5, 0.6) is 0 Å². The molecule has 2 heterocycles. The summed E-state index contributed by atoms with van der Waals surface area (Å²) in [6, 6.07) is 1.60. The van der Waals surface area contributed by atoms with Crippen molar-refractivity contribution in [2.24, 2.45) is 0 Å². The maximum absolute atomic E-state index is 11.6. The van der Waals surface area contributed by atoms with Crippen LogP contribution in [0.3, 0.4) is 0 Å². The fourth-order valence-electron chi connectivity index (χ4n) is 2.26. The van der Waals surface area contributed by atoms with E-state index in [-0.39, 0.29) is 11.1 Å². The number of aromatic amines is 1. The van der Waals surface area contributed by atoms with Crippen molar-refractivity contribution in [2.75, 3.05) is 31.6 Å². The van der Waals surface area contributed by atoms with Gasteiger partial charge in [0, 0.05) is 37.7 Å². The zero-order chi connectivity index (χ0) is 13.3. The molecule has 1 aromatic heterocycles. The number of hydrogen-bond acceptors (Lipinski definition) is 4. The van der Waals surface area contributed by atoms with Crippen LogP contribution < -0.4 is 10.5 Å². The molecule has 0 aliphatic carbocycles. The Balaban J connectivity index is 2.27. The molecular formula is C13H22N4O. The van der Waals surface area contributed by atoms with Crippen molar-refractivity contribution in [3.05, 3.63) is 22.2 Å². The summed E-state index contributed by atoms with van der Waals surface area (Å²) in [5.41, 5.74) is 0.0446. The Bertz CT molecular complexity index is 480. The molecule has 1 aromatic rings. The zero-order valence-electron chi connectivity index (χ0n) is 11.7. The van der Waals surface area contributed by atoms with Crippen molar-refractivity contribution < 1.29 is 0 Å². The predicted molar refractivity (Wildman–Crippen MR) is 73.2 cm³/mol. The third-order valence-electron chi connectivity index (χ3n) is 3.75. The second-order valence-electron chi connectivity index (χ2n) is 5.56. The highest BCUT2D eigenvalue weighted by Gasteiger charge is 2.31. The second-order valence-corrected chi connectivity index (χ2v) is 5.56. The first-order valence-electron chi connectivity index (χ1n) is 6.49. The molecule has 100 valence electrons. The van der Waals surface area contributed by atoms with Gasteiger partial charge in [-0.05, 0) is 20.9 Å². The Labute approximate surface area is 108 Å². The fourth-order valence-corrected chi connectivity index (χ4v) is 2.26. The van der Waals surface area contributed by atoms with E-state index in [2.05, 4.69) is 40.7 Å². The van der Waals surface area contributed by atoms with Crippen molar-refractivity contribution >= 4 is 5.82 Å². The third-order valence-corrected chi connectivity index (χ3v) is 3.75. The minimum Gasteiger partial charge on any atom is -0.353 e. The lowest BCUT2D eigenvalue weighted by Gasteiger charge is -2.45. The molecule has 0 unspecified atom stereocenters. The standard InChI is InChI=1S/C13H22N4O/c1-5-10-14-11(8-12(18)15-10)17-7-6-16(4)13(2,3)9-17/h8H,5-7,9H2,1-4H3,(H,14,15,18). The summed E-state index contributed by atoms with van der Waals surface area (Å²) in [4.78, 5) is 23.4. The smallest absolute Gasteiger partial charge is 0.252 e. The van der Waals surface area contributed by atoms with Crippen LogP contribution in [0.4, 0.5) is 5.82 Å². The summed E-state index contributed by atoms with van der Waals surface area (Å²) in [7, 11) is 2.14. The summed E-state index contributed by atoms with van der Waals surface area (Å²) in [5.74, 6) is 1.56. The number of piperazine rings is 1. The van der Waals surface area contributed by atoms with Gasteiger partial charge in [0.05, 0.1) is 0 Å². The molecule has 0 aromatic carbocycles. The molecular weight excluding hydrogens is 228 g/mol. The lowest BCUT2D eigenvalue weighted by Crippen LogP contribution is -2.58. The number of hydrogen-bond donors (Lipinski definition) is 1. The summed E-state index contributed by atoms with van der Waals surface area (Å²) >= 11 is 0. The Morgan fingerprint density at radius 3 is 2.78 bits per heavy atom. The van der Waals surface area contributed by atoms with Gasteiger partial charge in [0.25, 0.3) is 5.56 Å². The normalized spacial score (nSPS) is 20.1. The van der Waals surface area contributed by atoms with Crippen LogP contribution in [0.15, 0.2) is 10.9 Å². The SMILES string of the molecule is CCc1nc(N2CCN(C)C(C)(C)C2)cc(=O)[nH]1. The molecule has 0 atom stereocenters. The molecule has 1 fully saturated rings. The average Bonchev–Trinajstić information content (AvgIpc) is 2.31. The van der Waals surface area contributed by atoms with Crippen LogP contribution in [0, 0.1) is 0 Å². The monoisotopic (exact) mass is 250 g/mol. The van der Waals surface area contributed by atoms with Gasteiger partial charge in [0.2, 0.25) is 0 Å². The van der Waals surface area contributed by atoms with Crippen LogP contribution in [-0.4, -0.2) is 47.1 Å². The van der Waals surface area contributed by atoms with Crippen LogP contribution in [0.1, 0.15) is 26.6 Å². The Morgan fingerprint density at radius 1 is 1.44 bits per heavy atom. The highest BCUT2D eigenvalue weighted by Crippen LogP contribution is 2.22. The first-order valence-corrected chi connectivity index (χ1v) is 6.49. The first-order chi connectivity index (χ1) is 8.42. The van der Waals surface area contributed by atoms with Gasteiger partial charge < -0.3 is 9.88 Å². The van der Waals surface area contributed by atoms with Gasteiger partial charge >= 0.3 is 0 Å². The number of H-pyrrole nitrogens is 1. The molecule has 5 heteroatoms. The minimum atomic E-state index is -0.0615. The molecule has 0 radical (unpaired) electrons. The Morgan fingerprint density at radius 2 is 2.17 bits per heavy atom. The summed E-state index contributed by atoms with van der Waals surface area (Å²) < 4.78 is 0. The molecule has 1 aliphatic rings. The molecule has 1 N–H and O–H groups in total. The average molecular weight is 250 g/mol. The van der Waals surface area contributed by atoms with Gasteiger partial charge in [0.1, 0.15) is 11.6 Å². The van der Waals surface area contributed by atoms with Crippen LogP contribution >= 0.6 is 0 Å². The van der Waals surface area contributed by atoms with Gasteiger partial charge in [0.15, 0.2) is 0 Å². The number of aryl methyl sites for hydroxylation is 1. The van der Waals surface area contributed by atoms with Crippen LogP contribution in [0.25, 0.3) is 0 Å². The summed E-state index contributed by atoms with van der Waals surface area (Å²) in [5, 5.41) is 0. The van der Waals surface area contributed by atoms with Crippen molar-refractivity contribution in [3.8, 4) is 0 Å². The maximum atomic E-state index is 11.6. The third kappa shape index (κ3) is 2.56. The predicted octanol–water partition coefficient (Wildman–Crippen LogP) is 0.863. The van der Waals surface area contributed by atoms with E-state index in [0.717, 1.165) is 37.7 Å². The number of nitrogens with one attached hydrogen (secondary N) is 1. The molecule has 5 nitrogen and oxygen atoms in total. The number of aromatic nitrogens is 2. The van der Waals surface area contributed by atoms with E-state index in [9.17, 15) is 4.79 Å². The molecule has 1 aliphatic heterocycles. The number of rotatable bonds is 2. The maximum Gasteiger partial charge on any atom is 0.252 e.